The molecule has 2 rings (SSSR count). The van der Waals surface area contributed by atoms with Gasteiger partial charge >= 0.3 is 0 Å². The Bertz CT molecular complexity index is 562. The van der Waals surface area contributed by atoms with Gasteiger partial charge in [0.1, 0.15) is 0 Å². The molecular weight excluding hydrogens is 232 g/mol. The van der Waals surface area contributed by atoms with Crippen LogP contribution in [0.3, 0.4) is 0 Å². The highest BCUT2D eigenvalue weighted by Crippen LogP contribution is 2.25. The van der Waals surface area contributed by atoms with Crippen LogP contribution in [0, 0.1) is 13.8 Å². The van der Waals surface area contributed by atoms with Crippen LogP contribution in [0.2, 0.25) is 5.02 Å². The molecule has 0 unspecified atom stereocenters. The summed E-state index contributed by atoms with van der Waals surface area (Å²) in [6.07, 6.45) is 0. The van der Waals surface area contributed by atoms with Gasteiger partial charge in [0, 0.05) is 5.02 Å². The Morgan fingerprint density at radius 3 is 2.12 bits per heavy atom. The van der Waals surface area contributed by atoms with Gasteiger partial charge in [-0.1, -0.05) is 29.8 Å². The molecule has 0 atom stereocenters. The number of halogens is 1. The van der Waals surface area contributed by atoms with Gasteiger partial charge in [0.2, 0.25) is 0 Å². The number of hydrogen-bond donors (Lipinski definition) is 0. The second-order valence-corrected chi connectivity index (χ2v) is 4.35. The highest BCUT2D eigenvalue weighted by molar-refractivity contribution is 6.30. The summed E-state index contributed by atoms with van der Waals surface area (Å²) in [5.41, 5.74) is 3.87. The highest BCUT2D eigenvalue weighted by Gasteiger charge is 1.98. The largest absolute Gasteiger partial charge is 0.150 e. The van der Waals surface area contributed by atoms with Gasteiger partial charge in [-0.2, -0.15) is 10.2 Å². The third-order valence-corrected chi connectivity index (χ3v) is 2.77. The summed E-state index contributed by atoms with van der Waals surface area (Å²) in [6, 6.07) is 13.5. The van der Waals surface area contributed by atoms with Gasteiger partial charge in [-0.25, -0.2) is 0 Å². The van der Waals surface area contributed by atoms with Crippen LogP contribution in [-0.2, 0) is 0 Å². The number of hydrogen-bond acceptors (Lipinski definition) is 2. The van der Waals surface area contributed by atoms with E-state index in [1.54, 1.807) is 0 Å². The quantitative estimate of drug-likeness (QED) is 0.635. The summed E-state index contributed by atoms with van der Waals surface area (Å²) < 4.78 is 0. The number of nitrogens with zero attached hydrogens (tertiary/aromatic N) is 2. The van der Waals surface area contributed by atoms with Crippen LogP contribution in [0.4, 0.5) is 11.4 Å². The van der Waals surface area contributed by atoms with Crippen molar-refractivity contribution in [3.05, 3.63) is 58.6 Å². The molecule has 86 valence electrons. The minimum atomic E-state index is 0.720. The molecule has 0 saturated heterocycles. The summed E-state index contributed by atoms with van der Waals surface area (Å²) in [5.74, 6) is 0. The van der Waals surface area contributed by atoms with Crippen molar-refractivity contribution in [2.45, 2.75) is 13.8 Å². The van der Waals surface area contributed by atoms with E-state index < -0.39 is 0 Å². The second kappa shape index (κ2) is 5.11. The highest BCUT2D eigenvalue weighted by atomic mass is 35.5. The van der Waals surface area contributed by atoms with E-state index in [-0.39, 0.29) is 0 Å². The van der Waals surface area contributed by atoms with Gasteiger partial charge in [-0.3, -0.25) is 0 Å². The van der Waals surface area contributed by atoms with Crippen LogP contribution < -0.4 is 0 Å². The van der Waals surface area contributed by atoms with Crippen LogP contribution in [0.5, 0.6) is 0 Å². The third-order valence-electron chi connectivity index (χ3n) is 2.54. The van der Waals surface area contributed by atoms with Crippen molar-refractivity contribution in [1.29, 1.82) is 0 Å². The first kappa shape index (κ1) is 11.8. The van der Waals surface area contributed by atoms with Crippen molar-refractivity contribution in [3.63, 3.8) is 0 Å². The summed E-state index contributed by atoms with van der Waals surface area (Å²) in [5, 5.41) is 9.21. The second-order valence-electron chi connectivity index (χ2n) is 3.92. The molecule has 0 amide bonds. The topological polar surface area (TPSA) is 24.7 Å². The van der Waals surface area contributed by atoms with Crippen LogP contribution in [0.15, 0.2) is 52.7 Å². The fourth-order valence-corrected chi connectivity index (χ4v) is 1.74. The van der Waals surface area contributed by atoms with E-state index in [9.17, 15) is 0 Å². The fourth-order valence-electron chi connectivity index (χ4n) is 1.51. The maximum Gasteiger partial charge on any atom is 0.0887 e. The monoisotopic (exact) mass is 244 g/mol. The van der Waals surface area contributed by atoms with E-state index >= 15 is 0 Å². The Hall–Kier alpha value is -1.67. The molecule has 2 nitrogen and oxygen atoms in total. The predicted molar refractivity (Wildman–Crippen MR) is 71.5 cm³/mol. The lowest BCUT2D eigenvalue weighted by Gasteiger charge is -2.00. The lowest BCUT2D eigenvalue weighted by molar-refractivity contribution is 1.19. The van der Waals surface area contributed by atoms with Crippen molar-refractivity contribution in [2.24, 2.45) is 10.2 Å². The maximum absolute atomic E-state index is 5.89. The van der Waals surface area contributed by atoms with E-state index in [1.165, 1.54) is 0 Å². The normalized spacial score (nSPS) is 11.0. The van der Waals surface area contributed by atoms with Crippen LogP contribution in [0.25, 0.3) is 0 Å². The zero-order chi connectivity index (χ0) is 12.3. The molecule has 0 aliphatic heterocycles. The van der Waals surface area contributed by atoms with Crippen LogP contribution in [0.1, 0.15) is 11.1 Å². The smallest absolute Gasteiger partial charge is 0.0887 e. The first-order valence-corrected chi connectivity index (χ1v) is 5.78. The SMILES string of the molecule is Cc1ccccc1N=Nc1ccc(Cl)cc1C. The molecule has 0 N–H and O–H groups in total. The van der Waals surface area contributed by atoms with Crippen molar-refractivity contribution >= 4 is 23.0 Å². The number of benzene rings is 2. The van der Waals surface area contributed by atoms with Crippen molar-refractivity contribution in [2.75, 3.05) is 0 Å². The van der Waals surface area contributed by atoms with Crippen molar-refractivity contribution in [3.8, 4) is 0 Å². The Balaban J connectivity index is 2.29. The summed E-state index contributed by atoms with van der Waals surface area (Å²) in [7, 11) is 0. The van der Waals surface area contributed by atoms with Crippen LogP contribution in [-0.4, -0.2) is 0 Å². The van der Waals surface area contributed by atoms with Crippen LogP contribution >= 0.6 is 11.6 Å². The molecule has 0 aliphatic rings. The standard InChI is InChI=1S/C14H13ClN2/c1-10-5-3-4-6-13(10)16-17-14-8-7-12(15)9-11(14)2/h3-9H,1-2H3. The lowest BCUT2D eigenvalue weighted by Crippen LogP contribution is -1.74. The van der Waals surface area contributed by atoms with Gasteiger partial charge in [-0.15, -0.1) is 0 Å². The van der Waals surface area contributed by atoms with E-state index in [4.69, 9.17) is 11.6 Å². The van der Waals surface area contributed by atoms with Gasteiger partial charge in [0.05, 0.1) is 11.4 Å². The number of rotatable bonds is 2. The number of azo groups is 1. The molecule has 0 aromatic heterocycles. The number of aryl methyl sites for hydroxylation is 2. The Morgan fingerprint density at radius 1 is 0.824 bits per heavy atom. The molecule has 0 heterocycles. The minimum Gasteiger partial charge on any atom is -0.150 e. The zero-order valence-corrected chi connectivity index (χ0v) is 10.6. The molecule has 0 fully saturated rings. The molecule has 0 spiro atoms. The van der Waals surface area contributed by atoms with E-state index in [2.05, 4.69) is 10.2 Å². The lowest BCUT2D eigenvalue weighted by atomic mass is 10.2. The molecule has 2 aromatic carbocycles. The van der Waals surface area contributed by atoms with E-state index in [0.29, 0.717) is 0 Å². The Kier molecular flexibility index (Phi) is 3.55. The summed E-state index contributed by atoms with van der Waals surface area (Å²) in [4.78, 5) is 0. The van der Waals surface area contributed by atoms with Gasteiger partial charge in [-0.05, 0) is 49.2 Å². The molecule has 0 saturated carbocycles. The molecule has 0 radical (unpaired) electrons. The van der Waals surface area contributed by atoms with Gasteiger partial charge in [0.25, 0.3) is 0 Å². The predicted octanol–water partition coefficient (Wildman–Crippen LogP) is 5.37. The van der Waals surface area contributed by atoms with Gasteiger partial charge in [0.15, 0.2) is 0 Å². The van der Waals surface area contributed by atoms with Crippen molar-refractivity contribution in [1.82, 2.24) is 0 Å². The first-order chi connectivity index (χ1) is 8.16. The fraction of sp³-hybridized carbons (Fsp3) is 0.143. The maximum atomic E-state index is 5.89. The third kappa shape index (κ3) is 2.92. The molecule has 2 aromatic rings. The summed E-state index contributed by atoms with van der Waals surface area (Å²) >= 11 is 5.89. The Morgan fingerprint density at radius 2 is 1.47 bits per heavy atom. The zero-order valence-electron chi connectivity index (χ0n) is 9.81. The first-order valence-electron chi connectivity index (χ1n) is 5.40. The van der Waals surface area contributed by atoms with E-state index in [1.807, 2.05) is 56.3 Å². The molecular formula is C14H13ClN2. The molecule has 3 heteroatoms. The Labute approximate surface area is 106 Å². The molecule has 0 bridgehead atoms. The van der Waals surface area contributed by atoms with Crippen molar-refractivity contribution < 1.29 is 0 Å². The summed E-state index contributed by atoms with van der Waals surface area (Å²) in [6.45, 7) is 3.99. The minimum absolute atomic E-state index is 0.720. The molecule has 17 heavy (non-hydrogen) atoms. The van der Waals surface area contributed by atoms with Gasteiger partial charge < -0.3 is 0 Å². The average Bonchev–Trinajstić information content (AvgIpc) is 2.30. The average molecular weight is 245 g/mol. The molecule has 0 aliphatic carbocycles. The van der Waals surface area contributed by atoms with E-state index in [0.717, 1.165) is 27.5 Å².